The number of halogens is 1. The summed E-state index contributed by atoms with van der Waals surface area (Å²) < 4.78 is 5.17. The van der Waals surface area contributed by atoms with Crippen molar-refractivity contribution >= 4 is 17.3 Å². The smallest absolute Gasteiger partial charge is 0.349 e. The maximum Gasteiger partial charge on any atom is 0.349 e. The Morgan fingerprint density at radius 2 is 2.31 bits per heavy atom. The van der Waals surface area contributed by atoms with E-state index < -0.39 is 4.92 Å². The molecule has 1 aromatic heterocycles. The molecule has 0 saturated carbocycles. The fraction of sp³-hybridized carbons (Fsp3) is 0.500. The molecule has 1 rings (SSSR count). The number of likely N-dealkylation sites (N-methyl/N-ethyl adjacent to an activating group) is 1. The van der Waals surface area contributed by atoms with Gasteiger partial charge < -0.3 is 9.64 Å². The van der Waals surface area contributed by atoms with Crippen LogP contribution in [0.2, 0.25) is 5.28 Å². The number of nitrogens with zero attached hydrogens (tertiary/aromatic N) is 4. The van der Waals surface area contributed by atoms with Crippen LogP contribution < -0.4 is 4.74 Å². The zero-order chi connectivity index (χ0) is 12.1. The molecule has 0 atom stereocenters. The summed E-state index contributed by atoms with van der Waals surface area (Å²) in [6, 6.07) is 0. The molecule has 0 radical (unpaired) electrons. The van der Waals surface area contributed by atoms with Crippen molar-refractivity contribution in [3.8, 4) is 5.88 Å². The van der Waals surface area contributed by atoms with E-state index in [0.717, 1.165) is 6.20 Å². The molecule has 0 unspecified atom stereocenters. The zero-order valence-electron chi connectivity index (χ0n) is 8.88. The number of ether oxygens (including phenoxy) is 1. The molecule has 8 heteroatoms. The van der Waals surface area contributed by atoms with Gasteiger partial charge in [-0.05, 0) is 25.7 Å². The highest BCUT2D eigenvalue weighted by molar-refractivity contribution is 6.28. The quantitative estimate of drug-likeness (QED) is 0.438. The monoisotopic (exact) mass is 246 g/mol. The van der Waals surface area contributed by atoms with Crippen molar-refractivity contribution in [1.29, 1.82) is 0 Å². The molecule has 0 fully saturated rings. The van der Waals surface area contributed by atoms with E-state index in [9.17, 15) is 10.1 Å². The van der Waals surface area contributed by atoms with Gasteiger partial charge in [-0.3, -0.25) is 10.1 Å². The molecule has 0 aliphatic rings. The summed E-state index contributed by atoms with van der Waals surface area (Å²) in [7, 11) is 3.73. The fourth-order valence-electron chi connectivity index (χ4n) is 0.896. The van der Waals surface area contributed by atoms with Crippen LogP contribution in [0.5, 0.6) is 5.88 Å². The molecule has 7 nitrogen and oxygen atoms in total. The lowest BCUT2D eigenvalue weighted by Gasteiger charge is -2.10. The van der Waals surface area contributed by atoms with Crippen molar-refractivity contribution in [2.45, 2.75) is 0 Å². The molecule has 0 saturated heterocycles. The Morgan fingerprint density at radius 3 is 2.88 bits per heavy atom. The highest BCUT2D eigenvalue weighted by atomic mass is 35.5. The lowest BCUT2D eigenvalue weighted by Crippen LogP contribution is -2.20. The maximum atomic E-state index is 10.6. The third-order valence-electron chi connectivity index (χ3n) is 1.68. The number of aromatic nitrogens is 2. The molecule has 1 heterocycles. The summed E-state index contributed by atoms with van der Waals surface area (Å²) in [4.78, 5) is 19.1. The lowest BCUT2D eigenvalue weighted by atomic mass is 10.5. The number of hydrogen-bond acceptors (Lipinski definition) is 6. The van der Waals surface area contributed by atoms with Gasteiger partial charge in [0.05, 0.1) is 4.92 Å². The molecule has 0 N–H and O–H groups in total. The van der Waals surface area contributed by atoms with E-state index in [1.165, 1.54) is 0 Å². The number of rotatable bonds is 5. The van der Waals surface area contributed by atoms with Crippen LogP contribution in [0.1, 0.15) is 0 Å². The van der Waals surface area contributed by atoms with Gasteiger partial charge in [0.15, 0.2) is 0 Å². The largest absolute Gasteiger partial charge is 0.471 e. The number of hydrogen-bond donors (Lipinski definition) is 0. The normalized spacial score (nSPS) is 10.5. The van der Waals surface area contributed by atoms with Gasteiger partial charge in [0, 0.05) is 6.54 Å². The summed E-state index contributed by atoms with van der Waals surface area (Å²) in [6.45, 7) is 0.917. The SMILES string of the molecule is CN(C)CCOc1nc(Cl)ncc1[N+](=O)[O-]. The first-order chi connectivity index (χ1) is 7.50. The first-order valence-corrected chi connectivity index (χ1v) is 4.83. The topological polar surface area (TPSA) is 81.4 Å². The van der Waals surface area contributed by atoms with E-state index in [1.807, 2.05) is 19.0 Å². The van der Waals surface area contributed by atoms with Gasteiger partial charge in [-0.2, -0.15) is 4.98 Å². The summed E-state index contributed by atoms with van der Waals surface area (Å²) in [5, 5.41) is 10.5. The summed E-state index contributed by atoms with van der Waals surface area (Å²) in [6.07, 6.45) is 1.03. The molecule has 88 valence electrons. The van der Waals surface area contributed by atoms with E-state index >= 15 is 0 Å². The van der Waals surface area contributed by atoms with Crippen LogP contribution >= 0.6 is 11.6 Å². The predicted molar refractivity (Wildman–Crippen MR) is 57.7 cm³/mol. The Labute approximate surface area is 97.2 Å². The van der Waals surface area contributed by atoms with Crippen LogP contribution in [0.25, 0.3) is 0 Å². The van der Waals surface area contributed by atoms with Crippen molar-refractivity contribution in [3.05, 3.63) is 21.6 Å². The third kappa shape index (κ3) is 3.59. The Morgan fingerprint density at radius 1 is 1.62 bits per heavy atom. The highest BCUT2D eigenvalue weighted by Gasteiger charge is 2.18. The van der Waals surface area contributed by atoms with Crippen molar-refractivity contribution < 1.29 is 9.66 Å². The summed E-state index contributed by atoms with van der Waals surface area (Å²) in [5.41, 5.74) is -0.289. The minimum absolute atomic E-state index is 0.0783. The average molecular weight is 247 g/mol. The van der Waals surface area contributed by atoms with E-state index in [1.54, 1.807) is 0 Å². The Kier molecular flexibility index (Phi) is 4.39. The van der Waals surface area contributed by atoms with E-state index in [-0.39, 0.29) is 16.9 Å². The van der Waals surface area contributed by atoms with Gasteiger partial charge in [-0.25, -0.2) is 4.98 Å². The third-order valence-corrected chi connectivity index (χ3v) is 1.86. The maximum absolute atomic E-state index is 10.6. The Balaban J connectivity index is 2.76. The second kappa shape index (κ2) is 5.57. The van der Waals surface area contributed by atoms with E-state index in [2.05, 4.69) is 9.97 Å². The fourth-order valence-corrected chi connectivity index (χ4v) is 1.02. The van der Waals surface area contributed by atoms with Gasteiger partial charge in [-0.1, -0.05) is 0 Å². The first kappa shape index (κ1) is 12.6. The highest BCUT2D eigenvalue weighted by Crippen LogP contribution is 2.24. The minimum Gasteiger partial charge on any atom is -0.471 e. The molecule has 16 heavy (non-hydrogen) atoms. The van der Waals surface area contributed by atoms with Crippen LogP contribution in [0.15, 0.2) is 6.20 Å². The van der Waals surface area contributed by atoms with E-state index in [0.29, 0.717) is 13.2 Å². The lowest BCUT2D eigenvalue weighted by molar-refractivity contribution is -0.386. The second-order valence-electron chi connectivity index (χ2n) is 3.24. The van der Waals surface area contributed by atoms with Crippen LogP contribution in [0.4, 0.5) is 5.69 Å². The first-order valence-electron chi connectivity index (χ1n) is 4.45. The molecule has 0 aliphatic carbocycles. The molecule has 1 aromatic rings. The van der Waals surface area contributed by atoms with Crippen LogP contribution in [-0.2, 0) is 0 Å². The van der Waals surface area contributed by atoms with E-state index in [4.69, 9.17) is 16.3 Å². The van der Waals surface area contributed by atoms with Gasteiger partial charge in [0.1, 0.15) is 12.8 Å². The van der Waals surface area contributed by atoms with Gasteiger partial charge >= 0.3 is 5.69 Å². The molecular formula is C8H11ClN4O3. The summed E-state index contributed by atoms with van der Waals surface area (Å²) >= 11 is 5.53. The molecule has 0 bridgehead atoms. The molecular weight excluding hydrogens is 236 g/mol. The molecule has 0 spiro atoms. The number of nitro groups is 1. The molecule has 0 amide bonds. The average Bonchev–Trinajstić information content (AvgIpc) is 2.16. The van der Waals surface area contributed by atoms with Crippen molar-refractivity contribution in [2.24, 2.45) is 0 Å². The predicted octanol–water partition coefficient (Wildman–Crippen LogP) is 0.979. The zero-order valence-corrected chi connectivity index (χ0v) is 9.64. The Hall–Kier alpha value is -1.47. The molecule has 0 aromatic carbocycles. The minimum atomic E-state index is -0.610. The van der Waals surface area contributed by atoms with Gasteiger partial charge in [0.2, 0.25) is 5.28 Å². The standard InChI is InChI=1S/C8H11ClN4O3/c1-12(2)3-4-16-7-6(13(14)15)5-10-8(9)11-7/h5H,3-4H2,1-2H3. The van der Waals surface area contributed by atoms with Crippen molar-refractivity contribution in [2.75, 3.05) is 27.2 Å². The van der Waals surface area contributed by atoms with Gasteiger partial charge in [-0.15, -0.1) is 0 Å². The van der Waals surface area contributed by atoms with Crippen LogP contribution in [0.3, 0.4) is 0 Å². The van der Waals surface area contributed by atoms with Crippen LogP contribution in [0, 0.1) is 10.1 Å². The van der Waals surface area contributed by atoms with Crippen molar-refractivity contribution in [3.63, 3.8) is 0 Å². The molecule has 0 aliphatic heterocycles. The summed E-state index contributed by atoms with van der Waals surface area (Å²) in [5.74, 6) is -0.105. The Bertz CT molecular complexity index is 386. The second-order valence-corrected chi connectivity index (χ2v) is 3.58. The van der Waals surface area contributed by atoms with Crippen LogP contribution in [-0.4, -0.2) is 47.0 Å². The van der Waals surface area contributed by atoms with Gasteiger partial charge in [0.25, 0.3) is 5.88 Å². The van der Waals surface area contributed by atoms with Crippen molar-refractivity contribution in [1.82, 2.24) is 14.9 Å².